The third-order valence-corrected chi connectivity index (χ3v) is 5.30. The molecular weight excluding hydrogens is 374 g/mol. The number of benzene rings is 2. The van der Waals surface area contributed by atoms with E-state index in [-0.39, 0.29) is 23.5 Å². The van der Waals surface area contributed by atoms with Crippen molar-refractivity contribution in [1.82, 2.24) is 5.32 Å². The number of imide groups is 1. The van der Waals surface area contributed by atoms with Crippen LogP contribution < -0.4 is 10.1 Å². The Labute approximate surface area is 160 Å². The van der Waals surface area contributed by atoms with Crippen molar-refractivity contribution in [2.24, 2.45) is 0 Å². The molecule has 3 rings (SSSR count). The van der Waals surface area contributed by atoms with Crippen LogP contribution in [0.1, 0.15) is 22.8 Å². The van der Waals surface area contributed by atoms with Crippen molar-refractivity contribution in [3.63, 3.8) is 0 Å². The Kier molecular flexibility index (Phi) is 5.34. The lowest BCUT2D eigenvalue weighted by molar-refractivity contribution is -0.121. The molecule has 134 valence electrons. The molecule has 0 spiro atoms. The lowest BCUT2D eigenvalue weighted by Crippen LogP contribution is -2.35. The zero-order valence-corrected chi connectivity index (χ0v) is 15.5. The molecular formula is C19H16ClNO4S. The molecule has 0 bridgehead atoms. The zero-order valence-electron chi connectivity index (χ0n) is 14.0. The van der Waals surface area contributed by atoms with Crippen molar-refractivity contribution in [2.45, 2.75) is 18.1 Å². The summed E-state index contributed by atoms with van der Waals surface area (Å²) >= 11 is 6.88. The minimum Gasteiger partial charge on any atom is -0.485 e. The molecule has 1 N–H and O–H groups in total. The molecule has 1 aliphatic heterocycles. The van der Waals surface area contributed by atoms with E-state index in [0.717, 1.165) is 17.3 Å². The Bertz CT molecular complexity index is 868. The molecule has 1 saturated heterocycles. The molecule has 2 aromatic carbocycles. The fraction of sp³-hybridized carbons (Fsp3) is 0.211. The summed E-state index contributed by atoms with van der Waals surface area (Å²) in [5.41, 5.74) is 1.40. The van der Waals surface area contributed by atoms with Crippen LogP contribution >= 0.6 is 23.4 Å². The van der Waals surface area contributed by atoms with Gasteiger partial charge in [0.15, 0.2) is 12.4 Å². The number of Topliss-reactive ketones (excluding diaryl/α,β-unsaturated/α-hetero) is 1. The molecule has 0 aliphatic carbocycles. The molecule has 0 radical (unpaired) electrons. The predicted molar refractivity (Wildman–Crippen MR) is 101 cm³/mol. The molecule has 7 heteroatoms. The number of nitrogens with one attached hydrogen (secondary N) is 1. The van der Waals surface area contributed by atoms with Crippen molar-refractivity contribution in [2.75, 3.05) is 6.61 Å². The fourth-order valence-corrected chi connectivity index (χ4v) is 3.73. The van der Waals surface area contributed by atoms with E-state index in [0.29, 0.717) is 22.8 Å². The largest absolute Gasteiger partial charge is 0.485 e. The van der Waals surface area contributed by atoms with Gasteiger partial charge >= 0.3 is 0 Å². The molecule has 1 heterocycles. The van der Waals surface area contributed by atoms with Gasteiger partial charge in [-0.05, 0) is 54.9 Å². The van der Waals surface area contributed by atoms with Crippen LogP contribution in [0.3, 0.4) is 0 Å². The van der Waals surface area contributed by atoms with Crippen molar-refractivity contribution in [1.29, 1.82) is 0 Å². The van der Waals surface area contributed by atoms with Crippen LogP contribution in [0.15, 0.2) is 48.5 Å². The van der Waals surface area contributed by atoms with E-state index in [1.165, 1.54) is 0 Å². The van der Waals surface area contributed by atoms with E-state index >= 15 is 0 Å². The topological polar surface area (TPSA) is 72.5 Å². The molecule has 5 nitrogen and oxygen atoms in total. The zero-order chi connectivity index (χ0) is 18.7. The maximum Gasteiger partial charge on any atom is 0.286 e. The number of ketones is 1. The summed E-state index contributed by atoms with van der Waals surface area (Å²) in [6.07, 6.45) is 0.428. The van der Waals surface area contributed by atoms with E-state index in [1.54, 1.807) is 43.3 Å². The third-order valence-electron chi connectivity index (χ3n) is 4.00. The van der Waals surface area contributed by atoms with Gasteiger partial charge in [0, 0.05) is 10.6 Å². The standard InChI is InChI=1S/C19H16ClNO4S/c1-19(17(23)21-18(24)26-19)10-12-5-7-15(8-6-12)25-11-16(22)13-3-2-4-14(20)9-13/h2-9H,10-11H2,1H3,(H,21,23,24)/t19-/m1/s1. The second-order valence-corrected chi connectivity index (χ2v) is 8.03. The Morgan fingerprint density at radius 2 is 1.92 bits per heavy atom. The predicted octanol–water partition coefficient (Wildman–Crippen LogP) is 3.89. The number of carbonyl (C=O) groups is 3. The molecule has 2 amide bonds. The van der Waals surface area contributed by atoms with Gasteiger partial charge in [-0.15, -0.1) is 0 Å². The molecule has 1 fully saturated rings. The highest BCUT2D eigenvalue weighted by atomic mass is 35.5. The van der Waals surface area contributed by atoms with Gasteiger partial charge in [0.25, 0.3) is 5.24 Å². The van der Waals surface area contributed by atoms with Gasteiger partial charge in [-0.3, -0.25) is 19.7 Å². The number of hydrogen-bond acceptors (Lipinski definition) is 5. The number of thioether (sulfide) groups is 1. The summed E-state index contributed by atoms with van der Waals surface area (Å²) in [6, 6.07) is 13.8. The van der Waals surface area contributed by atoms with Crippen LogP contribution in [0.2, 0.25) is 5.02 Å². The number of hydrogen-bond donors (Lipinski definition) is 1. The number of rotatable bonds is 6. The summed E-state index contributed by atoms with van der Waals surface area (Å²) < 4.78 is 4.72. The van der Waals surface area contributed by atoms with Crippen molar-refractivity contribution >= 4 is 40.3 Å². The van der Waals surface area contributed by atoms with E-state index < -0.39 is 4.75 Å². The first-order chi connectivity index (χ1) is 12.4. The Balaban J connectivity index is 1.59. The molecule has 1 aliphatic rings. The molecule has 0 saturated carbocycles. The van der Waals surface area contributed by atoms with Crippen LogP contribution in [-0.2, 0) is 11.2 Å². The second-order valence-electron chi connectivity index (χ2n) is 6.12. The average Bonchev–Trinajstić information content (AvgIpc) is 2.85. The van der Waals surface area contributed by atoms with Crippen LogP contribution in [0.5, 0.6) is 5.75 Å². The highest BCUT2D eigenvalue weighted by Gasteiger charge is 2.43. The quantitative estimate of drug-likeness (QED) is 0.759. The van der Waals surface area contributed by atoms with Gasteiger partial charge in [0.2, 0.25) is 5.91 Å². The summed E-state index contributed by atoms with van der Waals surface area (Å²) in [4.78, 5) is 35.4. The van der Waals surface area contributed by atoms with Crippen LogP contribution in [-0.4, -0.2) is 28.3 Å². The van der Waals surface area contributed by atoms with E-state index in [1.807, 2.05) is 12.1 Å². The van der Waals surface area contributed by atoms with Crippen LogP contribution in [0.25, 0.3) is 0 Å². The summed E-state index contributed by atoms with van der Waals surface area (Å²) in [6.45, 7) is 1.65. The highest BCUT2D eigenvalue weighted by Crippen LogP contribution is 2.34. The van der Waals surface area contributed by atoms with Crippen molar-refractivity contribution < 1.29 is 19.1 Å². The Morgan fingerprint density at radius 3 is 2.54 bits per heavy atom. The number of ether oxygens (including phenoxy) is 1. The summed E-state index contributed by atoms with van der Waals surface area (Å²) in [7, 11) is 0. The lowest BCUT2D eigenvalue weighted by Gasteiger charge is -2.18. The Hall–Kier alpha value is -2.31. The number of amides is 2. The van der Waals surface area contributed by atoms with Crippen molar-refractivity contribution in [3.05, 3.63) is 64.7 Å². The number of halogens is 1. The maximum atomic E-state index is 12.1. The number of carbonyl (C=O) groups excluding carboxylic acids is 3. The SMILES string of the molecule is C[C@]1(Cc2ccc(OCC(=O)c3cccc(Cl)c3)cc2)SC(=O)NC1=O. The minimum absolute atomic E-state index is 0.0931. The fourth-order valence-electron chi connectivity index (χ4n) is 2.60. The monoisotopic (exact) mass is 389 g/mol. The van der Waals surface area contributed by atoms with Gasteiger partial charge < -0.3 is 4.74 Å². The van der Waals surface area contributed by atoms with Gasteiger partial charge in [-0.25, -0.2) is 0 Å². The third kappa shape index (κ3) is 4.26. The van der Waals surface area contributed by atoms with Gasteiger partial charge in [0.05, 0.1) is 0 Å². The molecule has 0 unspecified atom stereocenters. The van der Waals surface area contributed by atoms with E-state index in [9.17, 15) is 14.4 Å². The van der Waals surface area contributed by atoms with E-state index in [4.69, 9.17) is 16.3 Å². The lowest BCUT2D eigenvalue weighted by atomic mass is 9.99. The summed E-state index contributed by atoms with van der Waals surface area (Å²) in [5.74, 6) is 0.107. The van der Waals surface area contributed by atoms with Crippen LogP contribution in [0, 0.1) is 0 Å². The van der Waals surface area contributed by atoms with Crippen LogP contribution in [0.4, 0.5) is 4.79 Å². The smallest absolute Gasteiger partial charge is 0.286 e. The first kappa shape index (κ1) is 18.5. The molecule has 26 heavy (non-hydrogen) atoms. The maximum absolute atomic E-state index is 12.1. The minimum atomic E-state index is -0.804. The molecule has 1 atom stereocenters. The normalized spacial score (nSPS) is 19.3. The second kappa shape index (κ2) is 7.51. The van der Waals surface area contributed by atoms with Gasteiger partial charge in [0.1, 0.15) is 10.5 Å². The molecule has 0 aromatic heterocycles. The Morgan fingerprint density at radius 1 is 1.19 bits per heavy atom. The van der Waals surface area contributed by atoms with Crippen molar-refractivity contribution in [3.8, 4) is 5.75 Å². The molecule has 2 aromatic rings. The first-order valence-corrected chi connectivity index (χ1v) is 9.10. The first-order valence-electron chi connectivity index (χ1n) is 7.91. The van der Waals surface area contributed by atoms with Gasteiger partial charge in [-0.1, -0.05) is 35.9 Å². The van der Waals surface area contributed by atoms with E-state index in [2.05, 4.69) is 5.32 Å². The summed E-state index contributed by atoms with van der Waals surface area (Å²) in [5, 5.41) is 2.48. The van der Waals surface area contributed by atoms with Gasteiger partial charge in [-0.2, -0.15) is 0 Å². The average molecular weight is 390 g/mol. The highest BCUT2D eigenvalue weighted by molar-refractivity contribution is 8.16.